The summed E-state index contributed by atoms with van der Waals surface area (Å²) in [6.07, 6.45) is -0.306. The first-order valence-electron chi connectivity index (χ1n) is 10.7. The number of likely N-dealkylation sites (N-methyl/N-ethyl adjacent to an activating group) is 1. The van der Waals surface area contributed by atoms with Crippen LogP contribution in [0.2, 0.25) is 0 Å². The molecule has 3 unspecified atom stereocenters. The van der Waals surface area contributed by atoms with Crippen molar-refractivity contribution in [2.45, 2.75) is 31.1 Å². The van der Waals surface area contributed by atoms with Crippen LogP contribution in [0.1, 0.15) is 11.8 Å². The van der Waals surface area contributed by atoms with Gasteiger partial charge in [0.1, 0.15) is 12.2 Å². The van der Waals surface area contributed by atoms with Gasteiger partial charge in [-0.25, -0.2) is 15.0 Å². The van der Waals surface area contributed by atoms with E-state index in [1.807, 2.05) is 36.4 Å². The van der Waals surface area contributed by atoms with Crippen molar-refractivity contribution in [1.82, 2.24) is 29.8 Å². The number of rotatable bonds is 6. The van der Waals surface area contributed by atoms with Gasteiger partial charge in [0.25, 0.3) is 5.91 Å². The fourth-order valence-electron chi connectivity index (χ4n) is 3.88. The Hall–Kier alpha value is -3.93. The average Bonchev–Trinajstić information content (AvgIpc) is 3.44. The number of nitrogens with one attached hydrogen (secondary N) is 2. The topological polar surface area (TPSA) is 147 Å². The van der Waals surface area contributed by atoms with E-state index in [0.717, 1.165) is 5.56 Å². The highest BCUT2D eigenvalue weighted by molar-refractivity contribution is 5.85. The molecule has 11 heteroatoms. The first-order chi connectivity index (χ1) is 16.6. The molecule has 0 bridgehead atoms. The van der Waals surface area contributed by atoms with Gasteiger partial charge in [0.15, 0.2) is 35.1 Å². The van der Waals surface area contributed by atoms with Crippen LogP contribution in [0.4, 0.5) is 5.82 Å². The van der Waals surface area contributed by atoms with Crippen LogP contribution < -0.4 is 10.6 Å². The Bertz CT molecular complexity index is 1300. The molecule has 1 saturated heterocycles. The molecule has 1 aromatic carbocycles. The molecule has 1 aliphatic heterocycles. The van der Waals surface area contributed by atoms with Gasteiger partial charge in [-0.05, 0) is 17.7 Å². The molecule has 4 aromatic rings. The third kappa shape index (κ3) is 3.96. The lowest BCUT2D eigenvalue weighted by Gasteiger charge is -2.17. The largest absolute Gasteiger partial charge is 0.387 e. The van der Waals surface area contributed by atoms with E-state index in [9.17, 15) is 15.0 Å². The lowest BCUT2D eigenvalue weighted by molar-refractivity contribution is -0.137. The predicted octanol–water partition coefficient (Wildman–Crippen LogP) is 0.866. The summed E-state index contributed by atoms with van der Waals surface area (Å²) < 4.78 is 7.23. The summed E-state index contributed by atoms with van der Waals surface area (Å²) in [5.41, 5.74) is 2.58. The Labute approximate surface area is 194 Å². The van der Waals surface area contributed by atoms with Crippen molar-refractivity contribution >= 4 is 22.9 Å². The second-order valence-corrected chi connectivity index (χ2v) is 7.84. The minimum absolute atomic E-state index is 0.373. The quantitative estimate of drug-likeness (QED) is 0.328. The van der Waals surface area contributed by atoms with Gasteiger partial charge in [-0.15, -0.1) is 0 Å². The number of benzene rings is 1. The molecule has 1 fully saturated rings. The zero-order valence-corrected chi connectivity index (χ0v) is 18.2. The summed E-state index contributed by atoms with van der Waals surface area (Å²) in [7, 11) is 1.43. The number of fused-ring (bicyclic) bond motifs is 1. The SMILES string of the molecule is CNC(=O)[C@@H]1OC(n2cnc3c(NCc4ccccc4)nc(-c4cccnc4)nc32)C(O)C1O. The number of aromatic nitrogens is 5. The molecule has 3 aromatic heterocycles. The van der Waals surface area contributed by atoms with Crippen molar-refractivity contribution in [3.63, 3.8) is 0 Å². The predicted molar refractivity (Wildman–Crippen MR) is 122 cm³/mol. The van der Waals surface area contributed by atoms with Gasteiger partial charge in [0.2, 0.25) is 0 Å². The Balaban J connectivity index is 1.57. The van der Waals surface area contributed by atoms with Crippen molar-refractivity contribution in [3.8, 4) is 11.4 Å². The minimum Gasteiger partial charge on any atom is -0.387 e. The number of ether oxygens (including phenoxy) is 1. The highest BCUT2D eigenvalue weighted by atomic mass is 16.6. The van der Waals surface area contributed by atoms with Crippen molar-refractivity contribution in [2.24, 2.45) is 0 Å². The monoisotopic (exact) mass is 461 g/mol. The smallest absolute Gasteiger partial charge is 0.251 e. The summed E-state index contributed by atoms with van der Waals surface area (Å²) >= 11 is 0. The summed E-state index contributed by atoms with van der Waals surface area (Å²) in [6, 6.07) is 13.5. The van der Waals surface area contributed by atoms with Crippen molar-refractivity contribution in [3.05, 3.63) is 66.7 Å². The molecule has 11 nitrogen and oxygen atoms in total. The number of imidazole rings is 1. The molecule has 174 valence electrons. The van der Waals surface area contributed by atoms with Gasteiger partial charge in [-0.3, -0.25) is 14.3 Å². The second kappa shape index (κ2) is 9.14. The molecule has 0 aliphatic carbocycles. The highest BCUT2D eigenvalue weighted by Crippen LogP contribution is 2.33. The number of hydrogen-bond acceptors (Lipinski definition) is 9. The van der Waals surface area contributed by atoms with Crippen LogP contribution in [0.25, 0.3) is 22.6 Å². The zero-order chi connectivity index (χ0) is 23.7. The number of carbonyl (C=O) groups is 1. The minimum atomic E-state index is -1.40. The maximum atomic E-state index is 12.1. The zero-order valence-electron chi connectivity index (χ0n) is 18.2. The molecular formula is C23H23N7O4. The van der Waals surface area contributed by atoms with E-state index in [2.05, 4.69) is 30.6 Å². The van der Waals surface area contributed by atoms with Crippen molar-refractivity contribution in [2.75, 3.05) is 12.4 Å². The molecule has 1 amide bonds. The third-order valence-electron chi connectivity index (χ3n) is 5.66. The lowest BCUT2D eigenvalue weighted by atomic mass is 10.1. The van der Waals surface area contributed by atoms with E-state index in [1.165, 1.54) is 17.9 Å². The van der Waals surface area contributed by atoms with Crippen LogP contribution in [0.3, 0.4) is 0 Å². The van der Waals surface area contributed by atoms with Gasteiger partial charge in [0.05, 0.1) is 6.33 Å². The Morgan fingerprint density at radius 3 is 2.68 bits per heavy atom. The molecule has 0 saturated carbocycles. The van der Waals surface area contributed by atoms with Gasteiger partial charge < -0.3 is 25.6 Å². The van der Waals surface area contributed by atoms with Crippen LogP contribution in [-0.4, -0.2) is 66.0 Å². The molecule has 5 rings (SSSR count). The van der Waals surface area contributed by atoms with Gasteiger partial charge in [0, 0.05) is 31.5 Å². The van der Waals surface area contributed by atoms with Crippen LogP contribution in [-0.2, 0) is 16.1 Å². The maximum absolute atomic E-state index is 12.1. The second-order valence-electron chi connectivity index (χ2n) is 7.84. The molecule has 1 aliphatic rings. The molecule has 0 radical (unpaired) electrons. The lowest BCUT2D eigenvalue weighted by Crippen LogP contribution is -2.41. The van der Waals surface area contributed by atoms with Crippen LogP contribution in [0.5, 0.6) is 0 Å². The van der Waals surface area contributed by atoms with E-state index in [1.54, 1.807) is 18.5 Å². The van der Waals surface area contributed by atoms with E-state index < -0.39 is 30.4 Å². The summed E-state index contributed by atoms with van der Waals surface area (Å²) in [6.45, 7) is 0.506. The highest BCUT2D eigenvalue weighted by Gasteiger charge is 2.47. The molecular weight excluding hydrogens is 438 g/mol. The van der Waals surface area contributed by atoms with E-state index in [4.69, 9.17) is 4.74 Å². The Morgan fingerprint density at radius 1 is 1.12 bits per heavy atom. The maximum Gasteiger partial charge on any atom is 0.251 e. The Morgan fingerprint density at radius 2 is 1.94 bits per heavy atom. The standard InChI is InChI=1S/C23H23N7O4/c1-24-22(33)18-16(31)17(32)23(34-18)30-12-27-15-20(26-10-13-6-3-2-4-7-13)28-19(29-21(15)30)14-8-5-9-25-11-14/h2-9,11-12,16-18,23,31-32H,10H2,1H3,(H,24,33)(H,26,28,29)/t16?,17?,18-,23?/m1/s1. The fraction of sp³-hybridized carbons (Fsp3) is 0.261. The van der Waals surface area contributed by atoms with Gasteiger partial charge in [-0.2, -0.15) is 0 Å². The first-order valence-corrected chi connectivity index (χ1v) is 10.7. The molecule has 4 heterocycles. The number of pyridine rings is 1. The summed E-state index contributed by atoms with van der Waals surface area (Å²) in [5, 5.41) is 26.8. The van der Waals surface area contributed by atoms with E-state index in [0.29, 0.717) is 34.9 Å². The van der Waals surface area contributed by atoms with Crippen molar-refractivity contribution in [1.29, 1.82) is 0 Å². The number of aliphatic hydroxyl groups is 2. The van der Waals surface area contributed by atoms with Crippen LogP contribution in [0, 0.1) is 0 Å². The summed E-state index contributed by atoms with van der Waals surface area (Å²) in [5.74, 6) is 0.352. The molecule has 0 spiro atoms. The molecule has 4 N–H and O–H groups in total. The average molecular weight is 461 g/mol. The Kier molecular flexibility index (Phi) is 5.88. The van der Waals surface area contributed by atoms with Gasteiger partial charge in [-0.1, -0.05) is 30.3 Å². The van der Waals surface area contributed by atoms with E-state index in [-0.39, 0.29) is 0 Å². The molecule has 34 heavy (non-hydrogen) atoms. The van der Waals surface area contributed by atoms with Crippen LogP contribution in [0.15, 0.2) is 61.2 Å². The number of hydrogen-bond donors (Lipinski definition) is 4. The number of aliphatic hydroxyl groups excluding tert-OH is 2. The van der Waals surface area contributed by atoms with E-state index >= 15 is 0 Å². The molecule has 4 atom stereocenters. The normalized spacial score (nSPS) is 22.1. The fourth-order valence-corrected chi connectivity index (χ4v) is 3.88. The van der Waals surface area contributed by atoms with Crippen molar-refractivity contribution < 1.29 is 19.7 Å². The van der Waals surface area contributed by atoms with Gasteiger partial charge >= 0.3 is 0 Å². The number of amides is 1. The first kappa shape index (κ1) is 21.9. The van der Waals surface area contributed by atoms with Crippen LogP contribution >= 0.6 is 0 Å². The number of carbonyl (C=O) groups excluding carboxylic acids is 1. The third-order valence-corrected chi connectivity index (χ3v) is 5.66. The number of anilines is 1. The number of nitrogens with zero attached hydrogens (tertiary/aromatic N) is 5. The summed E-state index contributed by atoms with van der Waals surface area (Å²) in [4.78, 5) is 30.0.